The predicted octanol–water partition coefficient (Wildman–Crippen LogP) is 8.34. The number of nitrogens with zero attached hydrogens (tertiary/aromatic N) is 3. The molecule has 0 radical (unpaired) electrons. The molecular formula is C73H100Cl5N5O20S10. The van der Waals surface area contributed by atoms with Gasteiger partial charge in [0, 0.05) is 61.4 Å². The molecule has 0 amide bonds. The number of piperidine rings is 2. The maximum Gasteiger partial charge on any atom is 0.183 e. The number of benzene rings is 5. The second-order valence-corrected chi connectivity index (χ2v) is 54.6. The Morgan fingerprint density at radius 1 is 0.345 bits per heavy atom. The molecule has 25 nitrogen and oxygen atoms in total. The Hall–Kier alpha value is -3.15. The normalized spacial score (nSPS) is 27.5. The molecule has 2 N–H and O–H groups in total. The van der Waals surface area contributed by atoms with Crippen LogP contribution in [0.15, 0.2) is 146 Å². The van der Waals surface area contributed by atoms with Gasteiger partial charge in [-0.05, 0) is 231 Å². The topological polar surface area (TPSA) is 375 Å². The lowest BCUT2D eigenvalue weighted by Gasteiger charge is -2.36. The molecule has 8 fully saturated rings. The molecule has 5 aromatic rings. The van der Waals surface area contributed by atoms with Crippen LogP contribution in [0.5, 0.6) is 0 Å². The van der Waals surface area contributed by atoms with Crippen molar-refractivity contribution in [2.75, 3.05) is 103 Å². The Kier molecular flexibility index (Phi) is 31.8. The zero-order chi connectivity index (χ0) is 83.2. The lowest BCUT2D eigenvalue weighted by Crippen LogP contribution is -2.49. The SMILES string of the molecule is CC(C)CN[C@H]1CS(=O)(=O)C[C@@H]1S(=O)(=O)c1ccc(Cl)cc1.CC1CCN([C@H]2CS(=O)(=O)C[C@@H]2S(=O)(=O)c2ccc(Cl)cc2)CC1.CCC(C)N[C@H]1CS(=O)(=O)C[C@@H]1S(=O)(=O)c1ccc(Cl)cc1.O=S1(=O)C[C@H](N2CCCC2)[C@@H](S(=O)(=O)c2ccc(Cl)cc2)C1.O=S1(=O)C[C@H](N2CCCCC2)[C@@H](S(=O)(=O)c2ccc(Cl)cc2)C1. The van der Waals surface area contributed by atoms with Crippen molar-refractivity contribution in [3.63, 3.8) is 0 Å². The van der Waals surface area contributed by atoms with Gasteiger partial charge < -0.3 is 10.6 Å². The summed E-state index contributed by atoms with van der Waals surface area (Å²) in [6.45, 7) is 15.2. The first kappa shape index (κ1) is 93.7. The first-order valence-electron chi connectivity index (χ1n) is 37.3. The van der Waals surface area contributed by atoms with Crippen LogP contribution in [0.1, 0.15) is 86.0 Å². The highest BCUT2D eigenvalue weighted by atomic mass is 35.5. The van der Waals surface area contributed by atoms with Crippen molar-refractivity contribution in [1.29, 1.82) is 0 Å². The summed E-state index contributed by atoms with van der Waals surface area (Å²) in [5.41, 5.74) is 0. The van der Waals surface area contributed by atoms with Gasteiger partial charge in [-0.2, -0.15) is 0 Å². The maximum atomic E-state index is 13.0. The van der Waals surface area contributed by atoms with Gasteiger partial charge in [-0.15, -0.1) is 0 Å². The average molecular weight is 1870 g/mol. The van der Waals surface area contributed by atoms with Crippen molar-refractivity contribution in [1.82, 2.24) is 25.3 Å². The number of sulfone groups is 10. The Bertz CT molecular complexity index is 5320. The molecule has 8 saturated heterocycles. The first-order valence-corrected chi connectivity index (χ1v) is 56.0. The van der Waals surface area contributed by atoms with Gasteiger partial charge in [0.15, 0.2) is 98.4 Å². The van der Waals surface area contributed by atoms with E-state index >= 15 is 0 Å². The van der Waals surface area contributed by atoms with Gasteiger partial charge in [0.2, 0.25) is 0 Å². The van der Waals surface area contributed by atoms with E-state index in [0.717, 1.165) is 90.6 Å². The van der Waals surface area contributed by atoms with Crippen LogP contribution in [0.2, 0.25) is 25.1 Å². The summed E-state index contributed by atoms with van der Waals surface area (Å²) in [5.74, 6) is -1.14. The highest BCUT2D eigenvalue weighted by molar-refractivity contribution is 7.98. The van der Waals surface area contributed by atoms with Gasteiger partial charge in [-0.25, -0.2) is 84.2 Å². The van der Waals surface area contributed by atoms with Crippen LogP contribution in [0, 0.1) is 11.8 Å². The minimum atomic E-state index is -3.73. The van der Waals surface area contributed by atoms with Crippen LogP contribution in [0.3, 0.4) is 0 Å². The molecule has 1 unspecified atom stereocenters. The van der Waals surface area contributed by atoms with Gasteiger partial charge in [0.05, 0.1) is 108 Å². The molecule has 0 aromatic heterocycles. The smallest absolute Gasteiger partial charge is 0.183 e. The van der Waals surface area contributed by atoms with Crippen molar-refractivity contribution in [2.45, 2.75) is 173 Å². The molecule has 8 aliphatic rings. The molecule has 40 heteroatoms. The van der Waals surface area contributed by atoms with Crippen LogP contribution >= 0.6 is 58.0 Å². The highest BCUT2D eigenvalue weighted by Gasteiger charge is 2.53. The van der Waals surface area contributed by atoms with Gasteiger partial charge in [-0.1, -0.05) is 92.1 Å². The van der Waals surface area contributed by atoms with Gasteiger partial charge in [-0.3, -0.25) is 14.7 Å². The summed E-state index contributed by atoms with van der Waals surface area (Å²) in [7, 11) is -35.3. The molecule has 0 bridgehead atoms. The van der Waals surface area contributed by atoms with Crippen LogP contribution in [-0.4, -0.2) is 265 Å². The van der Waals surface area contributed by atoms with Gasteiger partial charge in [0.1, 0.15) is 0 Å². The van der Waals surface area contributed by atoms with Crippen molar-refractivity contribution in [2.24, 2.45) is 11.8 Å². The molecule has 13 rings (SSSR count). The second kappa shape index (κ2) is 38.3. The van der Waals surface area contributed by atoms with E-state index < -0.39 is 155 Å². The van der Waals surface area contributed by atoms with E-state index in [1.54, 1.807) is 0 Å². The average Bonchev–Trinajstić information content (AvgIpc) is 1.63. The number of hydrogen-bond acceptors (Lipinski definition) is 25. The summed E-state index contributed by atoms with van der Waals surface area (Å²) in [4.78, 5) is 6.77. The van der Waals surface area contributed by atoms with E-state index in [4.69, 9.17) is 58.0 Å². The zero-order valence-electron chi connectivity index (χ0n) is 63.2. The fourth-order valence-corrected chi connectivity index (χ4v) is 40.0. The van der Waals surface area contributed by atoms with E-state index in [9.17, 15) is 84.2 Å². The molecule has 0 saturated carbocycles. The number of rotatable bonds is 19. The minimum Gasteiger partial charge on any atom is -0.311 e. The molecule has 11 atom stereocenters. The van der Waals surface area contributed by atoms with Gasteiger partial charge >= 0.3 is 0 Å². The van der Waals surface area contributed by atoms with E-state index in [1.165, 1.54) is 121 Å². The van der Waals surface area contributed by atoms with Gasteiger partial charge in [0.25, 0.3) is 0 Å². The predicted molar refractivity (Wildman–Crippen MR) is 446 cm³/mol. The third-order valence-corrected chi connectivity index (χ3v) is 43.8. The third-order valence-electron chi connectivity index (χ3n) is 21.8. The zero-order valence-corrected chi connectivity index (χ0v) is 75.2. The fourth-order valence-electron chi connectivity index (χ4n) is 15.4. The lowest BCUT2D eigenvalue weighted by molar-refractivity contribution is 0.151. The summed E-state index contributed by atoms with van der Waals surface area (Å²) < 4.78 is 249. The molecule has 8 heterocycles. The Labute approximate surface area is 693 Å². The fraction of sp³-hybridized carbons (Fsp3) is 0.589. The molecule has 5 aromatic carbocycles. The van der Waals surface area contributed by atoms with E-state index in [0.29, 0.717) is 43.5 Å². The van der Waals surface area contributed by atoms with Crippen LogP contribution in [0.4, 0.5) is 0 Å². The largest absolute Gasteiger partial charge is 0.311 e. The maximum absolute atomic E-state index is 13.0. The van der Waals surface area contributed by atoms with Crippen LogP contribution in [0.25, 0.3) is 0 Å². The number of hydrogen-bond donors (Lipinski definition) is 2. The molecule has 0 aliphatic carbocycles. The first-order chi connectivity index (χ1) is 52.5. The van der Waals surface area contributed by atoms with E-state index in [-0.39, 0.29) is 88.0 Å². The Morgan fingerprint density at radius 2 is 0.584 bits per heavy atom. The summed E-state index contributed by atoms with van der Waals surface area (Å²) in [6.07, 6.45) is 7.83. The summed E-state index contributed by atoms with van der Waals surface area (Å²) in [5, 5.41) is 3.84. The second-order valence-electron chi connectivity index (χ2n) is 30.8. The monoisotopic (exact) mass is 1860 g/mol. The number of likely N-dealkylation sites (tertiary alicyclic amines) is 3. The number of halogens is 5. The minimum absolute atomic E-state index is 0.0567. The molecule has 632 valence electrons. The molecule has 113 heavy (non-hydrogen) atoms. The number of nitrogens with one attached hydrogen (secondary N) is 2. The van der Waals surface area contributed by atoms with E-state index in [1.807, 2.05) is 37.5 Å². The highest BCUT2D eigenvalue weighted by Crippen LogP contribution is 2.37. The lowest BCUT2D eigenvalue weighted by atomic mass is 9.98. The summed E-state index contributed by atoms with van der Waals surface area (Å²) >= 11 is 29.0. The molecule has 8 aliphatic heterocycles. The molecule has 0 spiro atoms. The van der Waals surface area contributed by atoms with Crippen molar-refractivity contribution in [3.8, 4) is 0 Å². The standard InChI is InChI=1S/C16H22ClNO4S2.C15H20ClNO4S2.C14H18ClNO4S2.2C14H20ClNO4S2/c1-12-6-8-18(9-7-12)15-10-23(19,20)11-16(15)24(21,22)14-4-2-13(17)3-5-14;16-12-4-6-13(7-5-12)23(20,21)15-11-22(18,19)10-14(15)17-8-2-1-3-9-17;15-11-3-5-12(6-4-11)22(19,20)14-10-21(17,18)9-13(14)16-7-1-2-8-16;1-10(2)7-16-13-8-21(17,18)9-14(13)22(19,20)12-5-3-11(15)4-6-12;1-3-10(2)16-13-8-21(17,18)9-14(13)22(19,20)12-6-4-11(15)5-7-12/h2-5,12,15-16H,6-11H2,1H3;4-7,14-15H,1-3,8-11H2;3-6,13-14H,1-2,7-10H2;3-6,10,13-14,16H,7-9H2,1-2H3;4-7,10,13-14,16H,3,8-9H2,1-2H3/t15-,16-;14-,15-;2*13-,14-;10?,13-,14-/m00000/s1. The van der Waals surface area contributed by atoms with Crippen molar-refractivity contribution < 1.29 is 84.2 Å². The van der Waals surface area contributed by atoms with Crippen molar-refractivity contribution >= 4 is 156 Å². The summed E-state index contributed by atoms with van der Waals surface area (Å²) in [6, 6.07) is 27.1. The molecular weight excluding hydrogens is 1760 g/mol. The Morgan fingerprint density at radius 3 is 0.867 bits per heavy atom. The van der Waals surface area contributed by atoms with E-state index in [2.05, 4.69) is 22.5 Å². The van der Waals surface area contributed by atoms with Crippen LogP contribution in [-0.2, 0) is 98.4 Å². The Balaban J connectivity index is 0.000000162. The van der Waals surface area contributed by atoms with Crippen molar-refractivity contribution in [3.05, 3.63) is 146 Å². The van der Waals surface area contributed by atoms with Crippen LogP contribution < -0.4 is 10.6 Å². The quantitative estimate of drug-likeness (QED) is 0.0784. The third kappa shape index (κ3) is 24.6.